The van der Waals surface area contributed by atoms with E-state index in [2.05, 4.69) is 54.8 Å². The van der Waals surface area contributed by atoms with Gasteiger partial charge in [0.15, 0.2) is 0 Å². The van der Waals surface area contributed by atoms with Gasteiger partial charge in [-0.3, -0.25) is 0 Å². The Morgan fingerprint density at radius 3 is 1.13 bits per heavy atom. The molecule has 5 aliphatic rings. The number of nitrogens with one attached hydrogen (secondary N) is 1. The molecule has 8 rings (SSSR count). The van der Waals surface area contributed by atoms with Crippen molar-refractivity contribution in [1.82, 2.24) is 35.2 Å². The Hall–Kier alpha value is -2.35. The molecule has 5 aliphatic heterocycles. The highest BCUT2D eigenvalue weighted by molar-refractivity contribution is 6.35. The average molecular weight is 840 g/mol. The SMILES string of the molecule is C1COCCN1.Clc1cc(Cl)nc(Cl)n1.Clc1cc(N2CCOCC2)nc(N2CCOCC2)n1.Clc1nc(N2CCOCC2)cc(N2CCOCC2)n1. The molecule has 0 spiro atoms. The summed E-state index contributed by atoms with van der Waals surface area (Å²) >= 11 is 28.4. The summed E-state index contributed by atoms with van der Waals surface area (Å²) in [6, 6.07) is 5.23. The standard InChI is InChI=1S/2C12H17ClN4O2.C4HCl3N2.C4H9NO/c13-12-14-10(16-1-5-18-6-2-16)9-11(15-12)17-3-7-19-8-4-17;13-10-9-11(16-1-5-18-6-2-16)15-12(14-10)17-3-7-19-8-4-17;5-2-1-3(6)9-4(7)8-2;1-3-6-4-2-5-1/h2*9H,1-8H2;1H;5H,1-4H2. The number of nitrogens with zero attached hydrogens (tertiary/aromatic N) is 10. The van der Waals surface area contributed by atoms with Crippen LogP contribution in [0, 0.1) is 0 Å². The van der Waals surface area contributed by atoms with Crippen LogP contribution in [0.2, 0.25) is 26.0 Å². The predicted octanol–water partition coefficient (Wildman–Crippen LogP) is 3.65. The fourth-order valence-electron chi connectivity index (χ4n) is 5.44. The Balaban J connectivity index is 0.000000149. The lowest BCUT2D eigenvalue weighted by Gasteiger charge is -2.31. The predicted molar refractivity (Wildman–Crippen MR) is 207 cm³/mol. The minimum absolute atomic E-state index is 0.0625. The van der Waals surface area contributed by atoms with Crippen LogP contribution in [0.15, 0.2) is 18.2 Å². The van der Waals surface area contributed by atoms with Crippen LogP contribution in [-0.4, -0.2) is 161 Å². The summed E-state index contributed by atoms with van der Waals surface area (Å²) < 4.78 is 26.4. The molecule has 0 atom stereocenters. The fourth-order valence-corrected chi connectivity index (χ4v) is 6.47. The Labute approximate surface area is 334 Å². The summed E-state index contributed by atoms with van der Waals surface area (Å²) in [5.41, 5.74) is 0. The number of hydrogen-bond acceptors (Lipinski definition) is 16. The highest BCUT2D eigenvalue weighted by Gasteiger charge is 2.20. The third kappa shape index (κ3) is 14.7. The number of hydrogen-bond donors (Lipinski definition) is 1. The van der Waals surface area contributed by atoms with Gasteiger partial charge in [-0.25, -0.2) is 24.9 Å². The molecule has 0 unspecified atom stereocenters. The molecule has 3 aromatic heterocycles. The summed E-state index contributed by atoms with van der Waals surface area (Å²) in [7, 11) is 0. The van der Waals surface area contributed by atoms with Crippen LogP contribution in [-0.2, 0) is 23.7 Å². The molecule has 21 heteroatoms. The van der Waals surface area contributed by atoms with Crippen molar-refractivity contribution in [2.75, 3.05) is 151 Å². The van der Waals surface area contributed by atoms with Crippen molar-refractivity contribution in [1.29, 1.82) is 0 Å². The molecule has 5 saturated heterocycles. The molecule has 0 bridgehead atoms. The van der Waals surface area contributed by atoms with Gasteiger partial charge < -0.3 is 48.6 Å². The zero-order chi connectivity index (χ0) is 37.3. The first-order valence-corrected chi connectivity index (χ1v) is 19.3. The molecule has 16 nitrogen and oxygen atoms in total. The van der Waals surface area contributed by atoms with Crippen molar-refractivity contribution < 1.29 is 23.7 Å². The Bertz CT molecular complexity index is 1310. The summed E-state index contributed by atoms with van der Waals surface area (Å²) in [5, 5.41) is 4.50. The summed E-state index contributed by atoms with van der Waals surface area (Å²) in [5.74, 6) is 3.33. The van der Waals surface area contributed by atoms with E-state index in [-0.39, 0.29) is 15.6 Å². The maximum atomic E-state index is 6.12. The van der Waals surface area contributed by atoms with Gasteiger partial charge >= 0.3 is 0 Å². The summed E-state index contributed by atoms with van der Waals surface area (Å²) in [4.78, 5) is 33.4. The van der Waals surface area contributed by atoms with E-state index >= 15 is 0 Å². The second-order valence-corrected chi connectivity index (χ2v) is 13.6. The van der Waals surface area contributed by atoms with Crippen molar-refractivity contribution in [3.8, 4) is 0 Å². The first kappa shape index (κ1) is 41.8. The number of halogens is 5. The molecular weight excluding hydrogens is 796 g/mol. The van der Waals surface area contributed by atoms with Crippen LogP contribution < -0.4 is 24.9 Å². The first-order chi connectivity index (χ1) is 25.8. The maximum Gasteiger partial charge on any atom is 0.228 e. The quantitative estimate of drug-likeness (QED) is 0.301. The molecular formula is C32H44Cl5N11O5. The Kier molecular flexibility index (Phi) is 18.1. The van der Waals surface area contributed by atoms with E-state index in [9.17, 15) is 0 Å². The zero-order valence-corrected chi connectivity index (χ0v) is 33.1. The second-order valence-electron chi connectivity index (χ2n) is 11.7. The van der Waals surface area contributed by atoms with Crippen LogP contribution >= 0.6 is 58.0 Å². The molecule has 0 amide bonds. The molecule has 1 N–H and O–H groups in total. The fraction of sp³-hybridized carbons (Fsp3) is 0.625. The van der Waals surface area contributed by atoms with Crippen molar-refractivity contribution >= 4 is 81.4 Å². The lowest BCUT2D eigenvalue weighted by Crippen LogP contribution is -2.39. The van der Waals surface area contributed by atoms with Gasteiger partial charge in [-0.15, -0.1) is 0 Å². The van der Waals surface area contributed by atoms with Crippen molar-refractivity contribution in [3.05, 3.63) is 44.2 Å². The van der Waals surface area contributed by atoms with Crippen LogP contribution in [0.1, 0.15) is 0 Å². The minimum atomic E-state index is 0.0625. The lowest BCUT2D eigenvalue weighted by atomic mass is 10.3. The molecule has 292 valence electrons. The van der Waals surface area contributed by atoms with Crippen molar-refractivity contribution in [2.45, 2.75) is 0 Å². The normalized spacial score (nSPS) is 19.2. The van der Waals surface area contributed by atoms with Crippen LogP contribution in [0.4, 0.5) is 23.4 Å². The smallest absolute Gasteiger partial charge is 0.228 e. The summed E-state index contributed by atoms with van der Waals surface area (Å²) in [6.45, 7) is 16.3. The highest BCUT2D eigenvalue weighted by Crippen LogP contribution is 2.24. The van der Waals surface area contributed by atoms with E-state index in [1.54, 1.807) is 0 Å². The number of ether oxygens (including phenoxy) is 5. The minimum Gasteiger partial charge on any atom is -0.379 e. The van der Waals surface area contributed by atoms with E-state index in [4.69, 9.17) is 81.7 Å². The van der Waals surface area contributed by atoms with Crippen LogP contribution in [0.3, 0.4) is 0 Å². The highest BCUT2D eigenvalue weighted by atomic mass is 35.5. The van der Waals surface area contributed by atoms with Crippen molar-refractivity contribution in [2.24, 2.45) is 0 Å². The number of anilines is 4. The Morgan fingerprint density at radius 1 is 0.396 bits per heavy atom. The van der Waals surface area contributed by atoms with Gasteiger partial charge in [0.1, 0.15) is 32.9 Å². The van der Waals surface area contributed by atoms with Crippen LogP contribution in [0.25, 0.3) is 0 Å². The van der Waals surface area contributed by atoms with Gasteiger partial charge in [0.25, 0.3) is 0 Å². The van der Waals surface area contributed by atoms with E-state index in [1.165, 1.54) is 6.07 Å². The first-order valence-electron chi connectivity index (χ1n) is 17.4. The van der Waals surface area contributed by atoms with Gasteiger partial charge in [0, 0.05) is 83.6 Å². The number of rotatable bonds is 4. The monoisotopic (exact) mass is 837 g/mol. The second kappa shape index (κ2) is 22.9. The van der Waals surface area contributed by atoms with E-state index < -0.39 is 0 Å². The van der Waals surface area contributed by atoms with Gasteiger partial charge in [-0.05, 0) is 23.2 Å². The van der Waals surface area contributed by atoms with Gasteiger partial charge in [-0.1, -0.05) is 34.8 Å². The molecule has 0 saturated carbocycles. The maximum absolute atomic E-state index is 6.12. The van der Waals surface area contributed by atoms with Gasteiger partial charge in [0.2, 0.25) is 16.5 Å². The van der Waals surface area contributed by atoms with Gasteiger partial charge in [-0.2, -0.15) is 4.98 Å². The number of morpholine rings is 5. The molecule has 0 radical (unpaired) electrons. The molecule has 0 aromatic carbocycles. The summed E-state index contributed by atoms with van der Waals surface area (Å²) in [6.07, 6.45) is 0. The molecule has 5 fully saturated rings. The van der Waals surface area contributed by atoms with E-state index in [0.717, 1.165) is 136 Å². The lowest BCUT2D eigenvalue weighted by molar-refractivity contribution is 0.109. The van der Waals surface area contributed by atoms with Crippen molar-refractivity contribution in [3.63, 3.8) is 0 Å². The molecule has 53 heavy (non-hydrogen) atoms. The largest absolute Gasteiger partial charge is 0.379 e. The third-order valence-electron chi connectivity index (χ3n) is 8.12. The topological polar surface area (TPSA) is 148 Å². The Morgan fingerprint density at radius 2 is 0.755 bits per heavy atom. The van der Waals surface area contributed by atoms with Gasteiger partial charge in [0.05, 0.1) is 66.1 Å². The number of aromatic nitrogens is 6. The van der Waals surface area contributed by atoms with Crippen LogP contribution in [0.5, 0.6) is 0 Å². The molecule has 0 aliphatic carbocycles. The van der Waals surface area contributed by atoms with E-state index in [0.29, 0.717) is 29.6 Å². The van der Waals surface area contributed by atoms with E-state index in [1.807, 2.05) is 12.1 Å². The average Bonchev–Trinajstić information content (AvgIpc) is 3.20. The molecule has 3 aromatic rings. The molecule has 8 heterocycles. The third-order valence-corrected chi connectivity index (χ3v) is 9.04. The zero-order valence-electron chi connectivity index (χ0n) is 29.3.